The van der Waals surface area contributed by atoms with Gasteiger partial charge in [-0.05, 0) is 54.7 Å². The maximum Gasteiger partial charge on any atom is 0.130 e. The van der Waals surface area contributed by atoms with Gasteiger partial charge in [-0.2, -0.15) is 0 Å². The quantitative estimate of drug-likeness (QED) is 0.717. The average Bonchev–Trinajstić information content (AvgIpc) is 3.30. The number of nitrogens with one attached hydrogen (secondary N) is 2. The molecule has 0 amide bonds. The van der Waals surface area contributed by atoms with Gasteiger partial charge in [0.25, 0.3) is 0 Å². The van der Waals surface area contributed by atoms with E-state index in [-0.39, 0.29) is 6.04 Å². The highest BCUT2D eigenvalue weighted by atomic mass is 16.5. The van der Waals surface area contributed by atoms with E-state index in [4.69, 9.17) is 14.7 Å². The van der Waals surface area contributed by atoms with Gasteiger partial charge in [-0.25, -0.2) is 10.4 Å². The molecule has 2 aliphatic rings. The number of benzene rings is 1. The number of aryl methyl sites for hydroxylation is 1. The molecule has 2 fully saturated rings. The van der Waals surface area contributed by atoms with Gasteiger partial charge in [0.05, 0.1) is 30.5 Å². The second kappa shape index (κ2) is 7.71. The second-order valence-corrected chi connectivity index (χ2v) is 7.88. The Bertz CT molecular complexity index is 1040. The fourth-order valence-corrected chi connectivity index (χ4v) is 4.32. The van der Waals surface area contributed by atoms with Crippen molar-refractivity contribution >= 4 is 16.7 Å². The first-order chi connectivity index (χ1) is 14.2. The zero-order valence-electron chi connectivity index (χ0n) is 17.0. The van der Waals surface area contributed by atoms with E-state index in [2.05, 4.69) is 59.9 Å². The molecule has 0 saturated carbocycles. The first kappa shape index (κ1) is 18.5. The summed E-state index contributed by atoms with van der Waals surface area (Å²) in [7, 11) is 0. The third-order valence-corrected chi connectivity index (χ3v) is 6.14. The lowest BCUT2D eigenvalue weighted by atomic mass is 9.94. The first-order valence-electron chi connectivity index (χ1n) is 10.4. The molecule has 1 aromatic carbocycles. The molecular weight excluding hydrogens is 362 g/mol. The van der Waals surface area contributed by atoms with Crippen molar-refractivity contribution in [3.8, 4) is 11.1 Å². The number of nitrogens with zero attached hydrogens (tertiary/aromatic N) is 3. The molecule has 2 saturated heterocycles. The number of anilines is 1. The van der Waals surface area contributed by atoms with Gasteiger partial charge in [-0.15, -0.1) is 0 Å². The molecule has 6 heteroatoms. The molecule has 0 bridgehead atoms. The minimum atomic E-state index is 0.178. The monoisotopic (exact) mass is 389 g/mol. The molecule has 1 unspecified atom stereocenters. The van der Waals surface area contributed by atoms with Crippen LogP contribution in [0.25, 0.3) is 22.0 Å². The number of morpholine rings is 1. The highest BCUT2D eigenvalue weighted by Gasteiger charge is 2.24. The fourth-order valence-electron chi connectivity index (χ4n) is 4.32. The average molecular weight is 390 g/mol. The number of pyridine rings is 2. The summed E-state index contributed by atoms with van der Waals surface area (Å²) in [5.41, 5.74) is 13.7. The van der Waals surface area contributed by atoms with Crippen molar-refractivity contribution < 1.29 is 4.74 Å². The number of hydrogen-bond acceptors (Lipinski definition) is 6. The van der Waals surface area contributed by atoms with Gasteiger partial charge in [0, 0.05) is 31.2 Å². The molecule has 2 aromatic heterocycles. The summed E-state index contributed by atoms with van der Waals surface area (Å²) < 4.78 is 5.56. The molecule has 2 aliphatic heterocycles. The van der Waals surface area contributed by atoms with Crippen molar-refractivity contribution in [3.63, 3.8) is 0 Å². The van der Waals surface area contributed by atoms with E-state index in [1.165, 1.54) is 22.3 Å². The van der Waals surface area contributed by atoms with E-state index in [9.17, 15) is 0 Å². The topological polar surface area (TPSA) is 62.3 Å². The molecule has 150 valence electrons. The van der Waals surface area contributed by atoms with Crippen LogP contribution in [0.2, 0.25) is 0 Å². The van der Waals surface area contributed by atoms with E-state index in [1.54, 1.807) is 0 Å². The highest BCUT2D eigenvalue weighted by Crippen LogP contribution is 2.36. The Morgan fingerprint density at radius 1 is 1.10 bits per heavy atom. The summed E-state index contributed by atoms with van der Waals surface area (Å²) >= 11 is 0. The number of hydrazine groups is 1. The van der Waals surface area contributed by atoms with Gasteiger partial charge in [0.15, 0.2) is 0 Å². The largest absolute Gasteiger partial charge is 0.378 e. The molecule has 1 atom stereocenters. The molecule has 5 rings (SSSR count). The zero-order valence-corrected chi connectivity index (χ0v) is 17.0. The fraction of sp³-hybridized carbons (Fsp3) is 0.391. The van der Waals surface area contributed by atoms with Crippen molar-refractivity contribution in [3.05, 3.63) is 53.3 Å². The van der Waals surface area contributed by atoms with E-state index in [0.717, 1.165) is 61.7 Å². The van der Waals surface area contributed by atoms with Crippen molar-refractivity contribution in [2.24, 2.45) is 0 Å². The Kier molecular flexibility index (Phi) is 4.91. The minimum Gasteiger partial charge on any atom is -0.378 e. The number of fused-ring (bicyclic) bond motifs is 1. The predicted molar refractivity (Wildman–Crippen MR) is 116 cm³/mol. The van der Waals surface area contributed by atoms with Gasteiger partial charge in [0.1, 0.15) is 5.82 Å². The summed E-state index contributed by atoms with van der Waals surface area (Å²) in [4.78, 5) is 12.2. The standard InChI is InChI=1S/C23H27N5O/c1-15-4-3-5-17(16(15)2)19-14-21(28-10-12-29-13-11-28)26-22-18(19)6-8-24-23(22)20-7-9-25-27-20/h3-6,8,14,20,25,27H,7,9-13H2,1-2H3. The predicted octanol–water partition coefficient (Wildman–Crippen LogP) is 3.29. The number of ether oxygens (including phenoxy) is 1. The van der Waals surface area contributed by atoms with Gasteiger partial charge < -0.3 is 9.64 Å². The summed E-state index contributed by atoms with van der Waals surface area (Å²) in [5.74, 6) is 1.01. The third kappa shape index (κ3) is 3.37. The smallest absolute Gasteiger partial charge is 0.130 e. The van der Waals surface area contributed by atoms with Crippen LogP contribution < -0.4 is 15.8 Å². The number of hydrogen-bond donors (Lipinski definition) is 2. The lowest BCUT2D eigenvalue weighted by Gasteiger charge is -2.29. The SMILES string of the molecule is Cc1cccc(-c2cc(N3CCOCC3)nc3c(C4CCNN4)nccc23)c1C. The normalized spacial score (nSPS) is 19.8. The molecule has 0 radical (unpaired) electrons. The van der Waals surface area contributed by atoms with E-state index >= 15 is 0 Å². The van der Waals surface area contributed by atoms with Crippen LogP contribution in [-0.2, 0) is 4.74 Å². The maximum atomic E-state index is 5.56. The molecule has 0 aliphatic carbocycles. The Hall–Kier alpha value is -2.54. The Morgan fingerprint density at radius 3 is 2.76 bits per heavy atom. The van der Waals surface area contributed by atoms with E-state index in [1.807, 2.05) is 6.20 Å². The second-order valence-electron chi connectivity index (χ2n) is 7.88. The summed E-state index contributed by atoms with van der Waals surface area (Å²) in [5, 5.41) is 1.16. The zero-order chi connectivity index (χ0) is 19.8. The van der Waals surface area contributed by atoms with Crippen LogP contribution in [0.1, 0.15) is 29.3 Å². The third-order valence-electron chi connectivity index (χ3n) is 6.14. The Balaban J connectivity index is 1.75. The molecule has 4 heterocycles. The van der Waals surface area contributed by atoms with Crippen LogP contribution >= 0.6 is 0 Å². The lowest BCUT2D eigenvalue weighted by Crippen LogP contribution is -2.36. The van der Waals surface area contributed by atoms with Crippen LogP contribution in [0.15, 0.2) is 36.5 Å². The Morgan fingerprint density at radius 2 is 1.97 bits per heavy atom. The van der Waals surface area contributed by atoms with Crippen molar-refractivity contribution in [2.45, 2.75) is 26.3 Å². The molecular formula is C23H27N5O. The van der Waals surface area contributed by atoms with Gasteiger partial charge in [-0.3, -0.25) is 10.4 Å². The first-order valence-corrected chi connectivity index (χ1v) is 10.4. The van der Waals surface area contributed by atoms with Crippen LogP contribution in [0.3, 0.4) is 0 Å². The van der Waals surface area contributed by atoms with Crippen LogP contribution in [0.5, 0.6) is 0 Å². The molecule has 0 spiro atoms. The van der Waals surface area contributed by atoms with Gasteiger partial charge in [-0.1, -0.05) is 18.2 Å². The Labute approximate surface area is 171 Å². The van der Waals surface area contributed by atoms with Crippen molar-refractivity contribution in [1.82, 2.24) is 20.8 Å². The van der Waals surface area contributed by atoms with Gasteiger partial charge in [0.2, 0.25) is 0 Å². The lowest BCUT2D eigenvalue weighted by molar-refractivity contribution is 0.122. The molecule has 2 N–H and O–H groups in total. The van der Waals surface area contributed by atoms with Gasteiger partial charge >= 0.3 is 0 Å². The summed E-state index contributed by atoms with van der Waals surface area (Å²) in [6.07, 6.45) is 2.93. The van der Waals surface area contributed by atoms with Crippen molar-refractivity contribution in [2.75, 3.05) is 37.7 Å². The van der Waals surface area contributed by atoms with Crippen LogP contribution in [-0.4, -0.2) is 42.8 Å². The molecule has 3 aromatic rings. The summed E-state index contributed by atoms with van der Waals surface area (Å²) in [6.45, 7) is 8.53. The minimum absolute atomic E-state index is 0.178. The van der Waals surface area contributed by atoms with Crippen LogP contribution in [0.4, 0.5) is 5.82 Å². The number of aromatic nitrogens is 2. The molecule has 6 nitrogen and oxygen atoms in total. The number of rotatable bonds is 3. The van der Waals surface area contributed by atoms with Crippen LogP contribution in [0, 0.1) is 13.8 Å². The molecule has 29 heavy (non-hydrogen) atoms. The highest BCUT2D eigenvalue weighted by molar-refractivity contribution is 5.98. The van der Waals surface area contributed by atoms with E-state index in [0.29, 0.717) is 0 Å². The van der Waals surface area contributed by atoms with Crippen molar-refractivity contribution in [1.29, 1.82) is 0 Å². The maximum absolute atomic E-state index is 5.56. The van der Waals surface area contributed by atoms with E-state index < -0.39 is 0 Å². The summed E-state index contributed by atoms with van der Waals surface area (Å²) in [6, 6.07) is 11.1.